The molecular formula is C19H35N7O7. The number of nitrogens with one attached hydrogen (secondary N) is 3. The van der Waals surface area contributed by atoms with Gasteiger partial charge in [0.25, 0.3) is 0 Å². The lowest BCUT2D eigenvalue weighted by Crippen LogP contribution is -2.56. The molecule has 0 spiro atoms. The van der Waals surface area contributed by atoms with Gasteiger partial charge in [-0.25, -0.2) is 4.79 Å². The lowest BCUT2D eigenvalue weighted by atomic mass is 10.0. The molecule has 0 heterocycles. The van der Waals surface area contributed by atoms with Crippen molar-refractivity contribution in [3.05, 3.63) is 0 Å². The van der Waals surface area contributed by atoms with E-state index in [1.54, 1.807) is 0 Å². The maximum Gasteiger partial charge on any atom is 0.326 e. The van der Waals surface area contributed by atoms with E-state index in [4.69, 9.17) is 27.4 Å². The molecule has 33 heavy (non-hydrogen) atoms. The number of hydrogen-bond acceptors (Lipinski definition) is 7. The zero-order valence-corrected chi connectivity index (χ0v) is 19.0. The van der Waals surface area contributed by atoms with Gasteiger partial charge in [0.05, 0.1) is 12.5 Å². The normalized spacial score (nSPS) is 14.3. The van der Waals surface area contributed by atoms with Gasteiger partial charge in [-0.05, 0) is 32.1 Å². The summed E-state index contributed by atoms with van der Waals surface area (Å²) in [6.45, 7) is 5.32. The maximum atomic E-state index is 12.6. The van der Waals surface area contributed by atoms with Gasteiger partial charge in [-0.15, -0.1) is 0 Å². The van der Waals surface area contributed by atoms with Crippen LogP contribution in [0.5, 0.6) is 0 Å². The molecule has 0 saturated carbocycles. The highest BCUT2D eigenvalue weighted by atomic mass is 16.4. The Morgan fingerprint density at radius 3 is 1.94 bits per heavy atom. The zero-order valence-electron chi connectivity index (χ0n) is 19.0. The minimum Gasteiger partial charge on any atom is -0.481 e. The first-order chi connectivity index (χ1) is 15.2. The van der Waals surface area contributed by atoms with Crippen LogP contribution >= 0.6 is 0 Å². The Bertz CT molecular complexity index is 738. The number of carbonyl (C=O) groups excluding carboxylic acids is 3. The Morgan fingerprint density at radius 1 is 0.879 bits per heavy atom. The summed E-state index contributed by atoms with van der Waals surface area (Å²) < 4.78 is 0. The number of aliphatic carboxylic acids is 2. The average Bonchev–Trinajstić information content (AvgIpc) is 2.68. The third-order valence-electron chi connectivity index (χ3n) is 4.39. The zero-order chi connectivity index (χ0) is 25.7. The van der Waals surface area contributed by atoms with Crippen molar-refractivity contribution in [3.63, 3.8) is 0 Å². The number of nitrogens with zero attached hydrogens (tertiary/aromatic N) is 1. The Kier molecular flexibility index (Phi) is 13.1. The number of carbonyl (C=O) groups is 5. The van der Waals surface area contributed by atoms with E-state index in [0.29, 0.717) is 6.42 Å². The van der Waals surface area contributed by atoms with Crippen LogP contribution in [0.4, 0.5) is 0 Å². The summed E-state index contributed by atoms with van der Waals surface area (Å²) in [5, 5.41) is 25.0. The largest absolute Gasteiger partial charge is 0.481 e. The molecule has 0 rings (SSSR count). The monoisotopic (exact) mass is 473 g/mol. The summed E-state index contributed by atoms with van der Waals surface area (Å²) in [6.07, 6.45) is -0.180. The molecule has 0 aromatic carbocycles. The van der Waals surface area contributed by atoms with E-state index >= 15 is 0 Å². The van der Waals surface area contributed by atoms with Crippen LogP contribution in [0.15, 0.2) is 4.99 Å². The molecule has 0 aliphatic heterocycles. The molecule has 3 amide bonds. The highest BCUT2D eigenvalue weighted by molar-refractivity contribution is 5.94. The van der Waals surface area contributed by atoms with E-state index in [9.17, 15) is 24.0 Å². The molecule has 14 nitrogen and oxygen atoms in total. The molecule has 4 unspecified atom stereocenters. The summed E-state index contributed by atoms with van der Waals surface area (Å²) in [5.41, 5.74) is 16.3. The molecule has 0 bridgehead atoms. The smallest absolute Gasteiger partial charge is 0.326 e. The minimum absolute atomic E-state index is 0.0152. The van der Waals surface area contributed by atoms with Crippen molar-refractivity contribution in [2.45, 2.75) is 70.6 Å². The highest BCUT2D eigenvalue weighted by Gasteiger charge is 2.29. The van der Waals surface area contributed by atoms with E-state index in [-0.39, 0.29) is 31.3 Å². The Hall–Kier alpha value is -3.42. The van der Waals surface area contributed by atoms with Gasteiger partial charge < -0.3 is 43.4 Å². The van der Waals surface area contributed by atoms with Gasteiger partial charge in [-0.2, -0.15) is 0 Å². The van der Waals surface area contributed by atoms with E-state index in [0.717, 1.165) is 0 Å². The van der Waals surface area contributed by atoms with E-state index < -0.39 is 60.2 Å². The molecule has 0 aromatic heterocycles. The molecule has 0 aliphatic rings. The standard InChI is InChI=1S/C19H35N7O7/c1-9(2)7-11(20)16(30)24-10(3)15(29)25-12(5-4-6-23-19(21)22)17(31)26-13(18(32)33)8-14(27)28/h9-13H,4-8,20H2,1-3H3,(H,24,30)(H,25,29)(H,26,31)(H,27,28)(H,32,33)(H4,21,22,23). The number of hydrogen-bond donors (Lipinski definition) is 8. The van der Waals surface area contributed by atoms with E-state index in [1.165, 1.54) is 6.92 Å². The van der Waals surface area contributed by atoms with E-state index in [1.807, 2.05) is 13.8 Å². The van der Waals surface area contributed by atoms with Gasteiger partial charge in [-0.3, -0.25) is 24.2 Å². The van der Waals surface area contributed by atoms with Crippen LogP contribution in [0.3, 0.4) is 0 Å². The molecule has 0 fully saturated rings. The topological polar surface area (TPSA) is 252 Å². The van der Waals surface area contributed by atoms with Crippen molar-refractivity contribution >= 4 is 35.6 Å². The lowest BCUT2D eigenvalue weighted by molar-refractivity contribution is -0.147. The molecular weight excluding hydrogens is 438 g/mol. The fourth-order valence-electron chi connectivity index (χ4n) is 2.72. The highest BCUT2D eigenvalue weighted by Crippen LogP contribution is 2.04. The molecule has 0 radical (unpaired) electrons. The van der Waals surface area contributed by atoms with Gasteiger partial charge in [0.2, 0.25) is 17.7 Å². The maximum absolute atomic E-state index is 12.6. The molecule has 188 valence electrons. The van der Waals surface area contributed by atoms with Crippen molar-refractivity contribution in [1.29, 1.82) is 0 Å². The minimum atomic E-state index is -1.70. The number of nitrogens with two attached hydrogens (primary N) is 3. The number of aliphatic imine (C=N–C) groups is 1. The predicted octanol–water partition coefficient (Wildman–Crippen LogP) is -2.55. The number of guanidine groups is 1. The first kappa shape index (κ1) is 29.6. The molecule has 11 N–H and O–H groups in total. The summed E-state index contributed by atoms with van der Waals surface area (Å²) in [4.78, 5) is 63.2. The summed E-state index contributed by atoms with van der Waals surface area (Å²) in [7, 11) is 0. The second kappa shape index (κ2) is 14.6. The first-order valence-electron chi connectivity index (χ1n) is 10.4. The van der Waals surface area contributed by atoms with Crippen LogP contribution in [0.25, 0.3) is 0 Å². The summed E-state index contributed by atoms with van der Waals surface area (Å²) in [6, 6.07) is -4.78. The van der Waals surface area contributed by atoms with Crippen LogP contribution in [0.1, 0.15) is 46.5 Å². The van der Waals surface area contributed by atoms with Crippen molar-refractivity contribution < 1.29 is 34.2 Å². The van der Waals surface area contributed by atoms with Gasteiger partial charge in [0, 0.05) is 6.54 Å². The summed E-state index contributed by atoms with van der Waals surface area (Å²) in [5.74, 6) is -5.12. The summed E-state index contributed by atoms with van der Waals surface area (Å²) >= 11 is 0. The number of carboxylic acids is 2. The van der Waals surface area contributed by atoms with Crippen molar-refractivity contribution in [2.75, 3.05) is 6.54 Å². The lowest BCUT2D eigenvalue weighted by Gasteiger charge is -2.23. The van der Waals surface area contributed by atoms with Gasteiger partial charge in [-0.1, -0.05) is 13.8 Å². The second-order valence-electron chi connectivity index (χ2n) is 7.97. The van der Waals surface area contributed by atoms with Crippen LogP contribution in [-0.2, 0) is 24.0 Å². The Morgan fingerprint density at radius 2 is 1.45 bits per heavy atom. The molecule has 4 atom stereocenters. The molecule has 14 heteroatoms. The Balaban J connectivity index is 5.26. The number of amides is 3. The first-order valence-corrected chi connectivity index (χ1v) is 10.4. The third kappa shape index (κ3) is 12.9. The van der Waals surface area contributed by atoms with Gasteiger partial charge in [0.1, 0.15) is 18.1 Å². The second-order valence-corrected chi connectivity index (χ2v) is 7.97. The van der Waals surface area contributed by atoms with Gasteiger partial charge in [0.15, 0.2) is 5.96 Å². The van der Waals surface area contributed by atoms with Crippen molar-refractivity contribution in [2.24, 2.45) is 28.1 Å². The van der Waals surface area contributed by atoms with E-state index in [2.05, 4.69) is 20.9 Å². The fraction of sp³-hybridized carbons (Fsp3) is 0.684. The fourth-order valence-corrected chi connectivity index (χ4v) is 2.72. The number of carboxylic acid groups (broad SMARTS) is 2. The van der Waals surface area contributed by atoms with Crippen LogP contribution in [0.2, 0.25) is 0 Å². The van der Waals surface area contributed by atoms with Crippen molar-refractivity contribution in [1.82, 2.24) is 16.0 Å². The third-order valence-corrected chi connectivity index (χ3v) is 4.39. The molecule has 0 saturated heterocycles. The SMILES string of the molecule is CC(C)CC(N)C(=O)NC(C)C(=O)NC(CCCN=C(N)N)C(=O)NC(CC(=O)O)C(=O)O. The average molecular weight is 474 g/mol. The Labute approximate surface area is 191 Å². The van der Waals surface area contributed by atoms with Crippen LogP contribution in [0, 0.1) is 5.92 Å². The van der Waals surface area contributed by atoms with Gasteiger partial charge >= 0.3 is 11.9 Å². The quantitative estimate of drug-likeness (QED) is 0.0701. The molecule has 0 aromatic rings. The predicted molar refractivity (Wildman–Crippen MR) is 119 cm³/mol. The molecule has 0 aliphatic carbocycles. The number of rotatable bonds is 15. The van der Waals surface area contributed by atoms with Crippen LogP contribution in [-0.4, -0.2) is 76.5 Å². The van der Waals surface area contributed by atoms with Crippen LogP contribution < -0.4 is 33.2 Å². The van der Waals surface area contributed by atoms with Crippen molar-refractivity contribution in [3.8, 4) is 0 Å².